The second-order valence-electron chi connectivity index (χ2n) is 12.8. The molecule has 0 amide bonds. The molecule has 0 bridgehead atoms. The minimum absolute atomic E-state index is 0.0899. The number of carbonyl (C=O) groups is 2. The van der Waals surface area contributed by atoms with Crippen LogP contribution in [0, 0.1) is 34.5 Å². The van der Waals surface area contributed by atoms with Crippen LogP contribution in [-0.4, -0.2) is 37.7 Å². The van der Waals surface area contributed by atoms with Crippen molar-refractivity contribution in [2.75, 3.05) is 6.61 Å². The fraction of sp³-hybridized carbons (Fsp3) is 0.926. The molecule has 0 aromatic heterocycles. The summed E-state index contributed by atoms with van der Waals surface area (Å²) in [6, 6.07) is 0. The third-order valence-corrected chi connectivity index (χ3v) is 16.3. The van der Waals surface area contributed by atoms with Crippen molar-refractivity contribution in [3.8, 4) is 0 Å². The molecule has 3 rings (SSSR count). The van der Waals surface area contributed by atoms with E-state index >= 15 is 0 Å². The molecule has 3 aliphatic carbocycles. The Hall–Kier alpha value is -0.523. The average Bonchev–Trinajstić information content (AvgIpc) is 2.68. The summed E-state index contributed by atoms with van der Waals surface area (Å²) >= 11 is 0. The molecule has 32 heavy (non-hydrogen) atoms. The smallest absolute Gasteiger partial charge is 0.200 e. The van der Waals surface area contributed by atoms with Crippen LogP contribution in [0.3, 0.4) is 0 Å². The van der Waals surface area contributed by atoms with Crippen molar-refractivity contribution in [2.24, 2.45) is 34.5 Å². The molecular weight excluding hydrogens is 416 g/mol. The lowest BCUT2D eigenvalue weighted by molar-refractivity contribution is -0.187. The number of aliphatic hydroxyl groups is 1. The van der Waals surface area contributed by atoms with Crippen LogP contribution in [0.15, 0.2) is 0 Å². The van der Waals surface area contributed by atoms with Gasteiger partial charge in [0, 0.05) is 29.8 Å². The van der Waals surface area contributed by atoms with E-state index in [2.05, 4.69) is 55.4 Å². The summed E-state index contributed by atoms with van der Waals surface area (Å²) in [5.41, 5.74) is 0.411. The minimum Gasteiger partial charge on any atom is -0.415 e. The van der Waals surface area contributed by atoms with E-state index in [1.165, 1.54) is 0 Å². The van der Waals surface area contributed by atoms with Gasteiger partial charge in [-0.1, -0.05) is 62.3 Å². The molecule has 0 aromatic rings. The predicted octanol–water partition coefficient (Wildman–Crippen LogP) is 6.17. The zero-order valence-electron chi connectivity index (χ0n) is 22.0. The number of hydrogen-bond acceptors (Lipinski definition) is 4. The van der Waals surface area contributed by atoms with E-state index < -0.39 is 25.8 Å². The molecule has 5 heteroatoms. The molecule has 3 saturated carbocycles. The van der Waals surface area contributed by atoms with Gasteiger partial charge in [0.15, 0.2) is 14.1 Å². The van der Waals surface area contributed by atoms with Crippen LogP contribution in [0.25, 0.3) is 0 Å². The highest BCUT2D eigenvalue weighted by atomic mass is 28.4. The summed E-state index contributed by atoms with van der Waals surface area (Å²) < 4.78 is 7.13. The van der Waals surface area contributed by atoms with Crippen LogP contribution < -0.4 is 0 Å². The van der Waals surface area contributed by atoms with Gasteiger partial charge in [-0.2, -0.15) is 0 Å². The Morgan fingerprint density at radius 1 is 1.00 bits per heavy atom. The fourth-order valence-corrected chi connectivity index (χ4v) is 14.4. The van der Waals surface area contributed by atoms with E-state index in [4.69, 9.17) is 4.43 Å². The summed E-state index contributed by atoms with van der Waals surface area (Å²) in [7, 11) is -2.11. The van der Waals surface area contributed by atoms with Gasteiger partial charge in [0.05, 0.1) is 0 Å². The van der Waals surface area contributed by atoms with Crippen LogP contribution in [0.5, 0.6) is 0 Å². The van der Waals surface area contributed by atoms with Crippen LogP contribution in [-0.2, 0) is 14.0 Å². The van der Waals surface area contributed by atoms with Crippen molar-refractivity contribution in [3.63, 3.8) is 0 Å². The van der Waals surface area contributed by atoms with E-state index in [-0.39, 0.29) is 28.8 Å². The maximum absolute atomic E-state index is 13.8. The normalized spacial score (nSPS) is 40.7. The summed E-state index contributed by atoms with van der Waals surface area (Å²) in [6.45, 7) is 20.6. The van der Waals surface area contributed by atoms with Gasteiger partial charge in [-0.15, -0.1) is 0 Å². The number of Topliss-reactive ketones (excluding diaryl/α,β-unsaturated/α-hetero) is 2. The van der Waals surface area contributed by atoms with E-state index in [9.17, 15) is 14.7 Å². The van der Waals surface area contributed by atoms with Crippen LogP contribution >= 0.6 is 0 Å². The standard InChI is InChI=1S/C27H48O4Si/c1-16(2)32(17(3)4,18(5)6)31-15-27-13-12-21-19(7)10-11-22(28)26(21,9)25(27)24(30)23(29)20(8)14-27/h16-21,23,25,29H,10-15H2,1-9H3/t19-,20-,21+,23-,25-,26-,27+/m1/s1. The number of carbonyl (C=O) groups excluding carboxylic acids is 2. The Morgan fingerprint density at radius 2 is 1.56 bits per heavy atom. The zero-order chi connectivity index (χ0) is 24.2. The molecular formula is C27H48O4Si. The van der Waals surface area contributed by atoms with Gasteiger partial charge in [0.25, 0.3) is 0 Å². The number of hydrogen-bond donors (Lipinski definition) is 1. The van der Waals surface area contributed by atoms with Gasteiger partial charge in [-0.05, 0) is 60.1 Å². The highest BCUT2D eigenvalue weighted by molar-refractivity contribution is 6.77. The number of rotatable bonds is 6. The Bertz CT molecular complexity index is 709. The quantitative estimate of drug-likeness (QED) is 0.478. The molecule has 184 valence electrons. The molecule has 0 aliphatic heterocycles. The van der Waals surface area contributed by atoms with Crippen molar-refractivity contribution in [2.45, 2.75) is 117 Å². The number of ketones is 2. The minimum atomic E-state index is -2.11. The molecule has 3 aliphatic rings. The van der Waals surface area contributed by atoms with Gasteiger partial charge in [-0.25, -0.2) is 0 Å². The van der Waals surface area contributed by atoms with Crippen molar-refractivity contribution in [1.29, 1.82) is 0 Å². The van der Waals surface area contributed by atoms with Crippen LogP contribution in [0.4, 0.5) is 0 Å². The lowest BCUT2D eigenvalue weighted by Gasteiger charge is -2.62. The molecule has 0 heterocycles. The molecule has 1 N–H and O–H groups in total. The number of aliphatic hydroxyl groups excluding tert-OH is 1. The fourth-order valence-electron chi connectivity index (χ4n) is 8.81. The molecule has 0 spiro atoms. The van der Waals surface area contributed by atoms with Crippen molar-refractivity contribution in [3.05, 3.63) is 0 Å². The van der Waals surface area contributed by atoms with E-state index in [1.807, 2.05) is 6.92 Å². The summed E-state index contributed by atoms with van der Waals surface area (Å²) in [4.78, 5) is 27.3. The number of fused-ring (bicyclic) bond motifs is 3. The second-order valence-corrected chi connectivity index (χ2v) is 18.3. The van der Waals surface area contributed by atoms with Gasteiger partial charge in [-0.3, -0.25) is 9.59 Å². The van der Waals surface area contributed by atoms with Crippen LogP contribution in [0.1, 0.15) is 94.4 Å². The molecule has 3 fully saturated rings. The summed E-state index contributed by atoms with van der Waals surface area (Å²) in [6.07, 6.45) is 3.20. The molecule has 7 atom stereocenters. The third-order valence-electron chi connectivity index (χ3n) is 10.2. The first-order valence-electron chi connectivity index (χ1n) is 13.1. The maximum Gasteiger partial charge on any atom is 0.200 e. The monoisotopic (exact) mass is 464 g/mol. The Morgan fingerprint density at radius 3 is 2.09 bits per heavy atom. The summed E-state index contributed by atoms with van der Waals surface area (Å²) in [5, 5.41) is 10.9. The van der Waals surface area contributed by atoms with Crippen molar-refractivity contribution < 1.29 is 19.1 Å². The second kappa shape index (κ2) is 8.92. The van der Waals surface area contributed by atoms with Crippen LogP contribution in [0.2, 0.25) is 16.6 Å². The molecule has 0 radical (unpaired) electrons. The highest BCUT2D eigenvalue weighted by Crippen LogP contribution is 2.64. The topological polar surface area (TPSA) is 63.6 Å². The molecule has 0 aromatic carbocycles. The van der Waals surface area contributed by atoms with Gasteiger partial charge < -0.3 is 9.53 Å². The maximum atomic E-state index is 13.8. The van der Waals surface area contributed by atoms with Gasteiger partial charge in [0.1, 0.15) is 11.9 Å². The highest BCUT2D eigenvalue weighted by Gasteiger charge is 2.66. The third kappa shape index (κ3) is 3.69. The van der Waals surface area contributed by atoms with Gasteiger partial charge >= 0.3 is 0 Å². The first kappa shape index (κ1) is 26.1. The van der Waals surface area contributed by atoms with E-state index in [1.54, 1.807) is 0 Å². The molecule has 4 nitrogen and oxygen atoms in total. The Labute approximate surface area is 197 Å². The molecule has 0 unspecified atom stereocenters. The lowest BCUT2D eigenvalue weighted by Crippen LogP contribution is -2.66. The predicted molar refractivity (Wildman–Crippen MR) is 132 cm³/mol. The van der Waals surface area contributed by atoms with Gasteiger partial charge in [0.2, 0.25) is 0 Å². The van der Waals surface area contributed by atoms with Crippen molar-refractivity contribution in [1.82, 2.24) is 0 Å². The first-order chi connectivity index (χ1) is 14.8. The lowest BCUT2D eigenvalue weighted by atomic mass is 9.41. The largest absolute Gasteiger partial charge is 0.415 e. The molecule has 0 saturated heterocycles. The van der Waals surface area contributed by atoms with Crippen molar-refractivity contribution >= 4 is 19.9 Å². The SMILES string of the molecule is CC(C)[Si](OC[C@@]12CC[C@H]3[C@H](C)CCC(=O)[C@]3(C)[C@H]1C(=O)[C@H](O)[C@H](C)C2)(C(C)C)C(C)C. The first-order valence-corrected chi connectivity index (χ1v) is 15.3. The average molecular weight is 465 g/mol. The zero-order valence-corrected chi connectivity index (χ0v) is 23.0. The summed E-state index contributed by atoms with van der Waals surface area (Å²) in [5.74, 6) is 0.308. The van der Waals surface area contributed by atoms with E-state index in [0.717, 1.165) is 25.7 Å². The Kier molecular flexibility index (Phi) is 7.27. The van der Waals surface area contributed by atoms with E-state index in [0.29, 0.717) is 35.6 Å². The Balaban J connectivity index is 2.07.